The maximum atomic E-state index is 12.3. The Bertz CT molecular complexity index is 695. The fraction of sp³-hybridized carbons (Fsp3) is 0.214. The largest absolute Gasteiger partial charge is 0.477 e. The summed E-state index contributed by atoms with van der Waals surface area (Å²) in [4.78, 5) is 26.9. The molecule has 0 unspecified atom stereocenters. The van der Waals surface area contributed by atoms with Crippen molar-refractivity contribution in [3.8, 4) is 0 Å². The second-order valence-electron chi connectivity index (χ2n) is 4.73. The number of rotatable bonds is 4. The van der Waals surface area contributed by atoms with Crippen LogP contribution in [0.5, 0.6) is 0 Å². The summed E-state index contributed by atoms with van der Waals surface area (Å²) in [6.07, 6.45) is 3.17. The van der Waals surface area contributed by atoms with Crippen molar-refractivity contribution >= 4 is 33.5 Å². The van der Waals surface area contributed by atoms with E-state index in [0.717, 1.165) is 4.47 Å². The number of amides is 1. The molecule has 0 bridgehead atoms. The molecule has 2 N–H and O–H groups in total. The van der Waals surface area contributed by atoms with Crippen molar-refractivity contribution in [1.82, 2.24) is 9.55 Å². The number of anilines is 1. The maximum absolute atomic E-state index is 12.3. The highest BCUT2D eigenvalue weighted by atomic mass is 79.9. The lowest BCUT2D eigenvalue weighted by molar-refractivity contribution is 0.0690. The summed E-state index contributed by atoms with van der Waals surface area (Å²) < 4.78 is 2.64. The minimum absolute atomic E-state index is 0.117. The summed E-state index contributed by atoms with van der Waals surface area (Å²) in [5.74, 6) is -1.45. The second-order valence-corrected chi connectivity index (χ2v) is 5.65. The predicted octanol–water partition coefficient (Wildman–Crippen LogP) is 3.18. The van der Waals surface area contributed by atoms with Crippen LogP contribution in [0.15, 0.2) is 35.1 Å². The van der Waals surface area contributed by atoms with Crippen LogP contribution in [-0.2, 0) is 0 Å². The molecule has 0 aliphatic rings. The Labute approximate surface area is 129 Å². The van der Waals surface area contributed by atoms with Crippen LogP contribution in [0, 0.1) is 0 Å². The van der Waals surface area contributed by atoms with Crippen LogP contribution in [0.4, 0.5) is 5.69 Å². The Morgan fingerprint density at radius 3 is 2.71 bits per heavy atom. The number of carbonyl (C=O) groups is 2. The lowest BCUT2D eigenvalue weighted by Crippen LogP contribution is -2.18. The number of carbonyl (C=O) groups excluding carboxylic acids is 1. The Hall–Kier alpha value is -2.15. The van der Waals surface area contributed by atoms with Gasteiger partial charge in [-0.15, -0.1) is 0 Å². The van der Waals surface area contributed by atoms with Crippen molar-refractivity contribution in [3.05, 3.63) is 46.5 Å². The van der Waals surface area contributed by atoms with E-state index >= 15 is 0 Å². The maximum Gasteiger partial charge on any atom is 0.354 e. The molecule has 0 aliphatic heterocycles. The number of nitrogens with one attached hydrogen (secondary N) is 1. The van der Waals surface area contributed by atoms with Crippen molar-refractivity contribution in [2.45, 2.75) is 19.9 Å². The zero-order valence-electron chi connectivity index (χ0n) is 11.5. The van der Waals surface area contributed by atoms with Gasteiger partial charge in [0.1, 0.15) is 11.4 Å². The molecule has 0 saturated heterocycles. The van der Waals surface area contributed by atoms with E-state index in [9.17, 15) is 9.59 Å². The Morgan fingerprint density at radius 1 is 1.38 bits per heavy atom. The molecule has 0 spiro atoms. The molecule has 2 rings (SSSR count). The molecule has 0 radical (unpaired) electrons. The van der Waals surface area contributed by atoms with Gasteiger partial charge in [-0.1, -0.05) is 0 Å². The fourth-order valence-corrected chi connectivity index (χ4v) is 2.31. The lowest BCUT2D eigenvalue weighted by atomic mass is 10.3. The molecular formula is C14H14BrN3O3. The van der Waals surface area contributed by atoms with Crippen LogP contribution < -0.4 is 5.32 Å². The van der Waals surface area contributed by atoms with Crippen LogP contribution >= 0.6 is 15.9 Å². The molecular weight excluding hydrogens is 338 g/mol. The number of halogens is 1. The lowest BCUT2D eigenvalue weighted by Gasteiger charge is -2.12. The van der Waals surface area contributed by atoms with Crippen LogP contribution in [0.1, 0.15) is 40.9 Å². The summed E-state index contributed by atoms with van der Waals surface area (Å²) in [5.41, 5.74) is 0.763. The van der Waals surface area contributed by atoms with E-state index < -0.39 is 5.97 Å². The van der Waals surface area contributed by atoms with Gasteiger partial charge in [0.05, 0.1) is 0 Å². The number of carboxylic acids is 1. The summed E-state index contributed by atoms with van der Waals surface area (Å²) >= 11 is 3.35. The van der Waals surface area contributed by atoms with Crippen LogP contribution in [-0.4, -0.2) is 26.5 Å². The van der Waals surface area contributed by atoms with Crippen molar-refractivity contribution in [2.24, 2.45) is 0 Å². The van der Waals surface area contributed by atoms with Gasteiger partial charge in [0.15, 0.2) is 0 Å². The normalized spacial score (nSPS) is 10.7. The molecule has 6 nitrogen and oxygen atoms in total. The number of hydrogen-bond donors (Lipinski definition) is 2. The molecule has 2 heterocycles. The van der Waals surface area contributed by atoms with Gasteiger partial charge in [-0.05, 0) is 48.0 Å². The molecule has 2 aromatic heterocycles. The first-order chi connectivity index (χ1) is 9.88. The highest BCUT2D eigenvalue weighted by Crippen LogP contribution is 2.20. The Balaban J connectivity index is 2.26. The first-order valence-corrected chi connectivity index (χ1v) is 7.06. The van der Waals surface area contributed by atoms with Gasteiger partial charge >= 0.3 is 5.97 Å². The molecule has 2 aromatic rings. The van der Waals surface area contributed by atoms with E-state index in [1.54, 1.807) is 12.1 Å². The van der Waals surface area contributed by atoms with Gasteiger partial charge in [0.25, 0.3) is 5.91 Å². The number of aromatic nitrogens is 2. The molecule has 110 valence electrons. The second kappa shape index (κ2) is 6.09. The van der Waals surface area contributed by atoms with Crippen LogP contribution in [0.25, 0.3) is 0 Å². The summed E-state index contributed by atoms with van der Waals surface area (Å²) in [6, 6.07) is 4.71. The topological polar surface area (TPSA) is 84.2 Å². The predicted molar refractivity (Wildman–Crippen MR) is 81.7 cm³/mol. The highest BCUT2D eigenvalue weighted by molar-refractivity contribution is 9.10. The van der Waals surface area contributed by atoms with E-state index in [-0.39, 0.29) is 17.6 Å². The number of nitrogens with zero attached hydrogens (tertiary/aromatic N) is 2. The van der Waals surface area contributed by atoms with Crippen molar-refractivity contribution < 1.29 is 14.7 Å². The quantitative estimate of drug-likeness (QED) is 0.885. The number of hydrogen-bond acceptors (Lipinski definition) is 3. The molecule has 0 aliphatic carbocycles. The Morgan fingerprint density at radius 2 is 2.10 bits per heavy atom. The monoisotopic (exact) mass is 351 g/mol. The van der Waals surface area contributed by atoms with Crippen LogP contribution in [0.3, 0.4) is 0 Å². The van der Waals surface area contributed by atoms with Crippen molar-refractivity contribution in [3.63, 3.8) is 0 Å². The summed E-state index contributed by atoms with van der Waals surface area (Å²) in [6.45, 7) is 3.94. The zero-order chi connectivity index (χ0) is 15.6. The van der Waals surface area contributed by atoms with E-state index in [1.165, 1.54) is 12.3 Å². The molecule has 0 aromatic carbocycles. The van der Waals surface area contributed by atoms with E-state index in [1.807, 2.05) is 24.6 Å². The molecule has 0 atom stereocenters. The third-order valence-corrected chi connectivity index (χ3v) is 3.27. The van der Waals surface area contributed by atoms with Gasteiger partial charge in [-0.2, -0.15) is 0 Å². The van der Waals surface area contributed by atoms with E-state index in [4.69, 9.17) is 5.11 Å². The first-order valence-electron chi connectivity index (χ1n) is 6.26. The third kappa shape index (κ3) is 3.49. The molecule has 7 heteroatoms. The highest BCUT2D eigenvalue weighted by Gasteiger charge is 2.16. The number of carboxylic acid groups (broad SMARTS) is 1. The van der Waals surface area contributed by atoms with Gasteiger partial charge in [-0.25, -0.2) is 9.78 Å². The Kier molecular flexibility index (Phi) is 4.42. The SMILES string of the molecule is CC(C)n1cc(Br)cc1C(=O)Nc1ccnc(C(=O)O)c1. The van der Waals surface area contributed by atoms with Crippen LogP contribution in [0.2, 0.25) is 0 Å². The number of pyridine rings is 1. The summed E-state index contributed by atoms with van der Waals surface area (Å²) in [7, 11) is 0. The van der Waals surface area contributed by atoms with E-state index in [2.05, 4.69) is 26.2 Å². The van der Waals surface area contributed by atoms with Gasteiger partial charge < -0.3 is 15.0 Å². The average molecular weight is 352 g/mol. The molecule has 1 amide bonds. The fourth-order valence-electron chi connectivity index (χ4n) is 1.88. The molecule has 21 heavy (non-hydrogen) atoms. The first kappa shape index (κ1) is 15.2. The summed E-state index contributed by atoms with van der Waals surface area (Å²) in [5, 5.41) is 11.6. The minimum Gasteiger partial charge on any atom is -0.477 e. The van der Waals surface area contributed by atoms with Gasteiger partial charge in [0.2, 0.25) is 0 Å². The van der Waals surface area contributed by atoms with Crippen molar-refractivity contribution in [1.29, 1.82) is 0 Å². The van der Waals surface area contributed by atoms with Crippen molar-refractivity contribution in [2.75, 3.05) is 5.32 Å². The average Bonchev–Trinajstić information content (AvgIpc) is 2.81. The van der Waals surface area contributed by atoms with E-state index in [0.29, 0.717) is 11.4 Å². The van der Waals surface area contributed by atoms with Gasteiger partial charge in [0, 0.05) is 28.6 Å². The molecule has 0 saturated carbocycles. The smallest absolute Gasteiger partial charge is 0.354 e. The third-order valence-electron chi connectivity index (χ3n) is 2.84. The minimum atomic E-state index is -1.14. The zero-order valence-corrected chi connectivity index (χ0v) is 13.1. The van der Waals surface area contributed by atoms with Gasteiger partial charge in [-0.3, -0.25) is 4.79 Å². The molecule has 0 fully saturated rings. The number of aromatic carboxylic acids is 1. The standard InChI is InChI=1S/C14H14BrN3O3/c1-8(2)18-7-9(15)5-12(18)13(19)17-10-3-4-16-11(6-10)14(20)21/h3-8H,1-2H3,(H,20,21)(H,16,17,19).